The highest BCUT2D eigenvalue weighted by molar-refractivity contribution is 5.79. The summed E-state index contributed by atoms with van der Waals surface area (Å²) in [5.41, 5.74) is 9.01. The summed E-state index contributed by atoms with van der Waals surface area (Å²) in [7, 11) is 0. The summed E-state index contributed by atoms with van der Waals surface area (Å²) in [6.07, 6.45) is 7.62. The zero-order valence-electron chi connectivity index (χ0n) is 12.6. The third-order valence-electron chi connectivity index (χ3n) is 4.86. The predicted octanol–water partition coefficient (Wildman–Crippen LogP) is 4.32. The van der Waals surface area contributed by atoms with Gasteiger partial charge in [0.15, 0.2) is 0 Å². The summed E-state index contributed by atoms with van der Waals surface area (Å²) in [4.78, 5) is 4.79. The number of hydrogen-bond acceptors (Lipinski definition) is 2. The molecule has 1 aliphatic carbocycles. The third kappa shape index (κ3) is 2.30. The van der Waals surface area contributed by atoms with Crippen molar-refractivity contribution in [2.24, 2.45) is 5.92 Å². The highest BCUT2D eigenvalue weighted by Crippen LogP contribution is 2.36. The zero-order valence-corrected chi connectivity index (χ0v) is 12.6. The second kappa shape index (κ2) is 5.47. The summed E-state index contributed by atoms with van der Waals surface area (Å²) in [6.45, 7) is 4.51. The number of fused-ring (bicyclic) bond motifs is 1. The molecule has 0 radical (unpaired) electrons. The number of nitrogen functional groups attached to an aromatic ring is 1. The van der Waals surface area contributed by atoms with Crippen LogP contribution in [0.4, 0.5) is 5.69 Å². The van der Waals surface area contributed by atoms with Crippen molar-refractivity contribution in [3.8, 4) is 0 Å². The minimum atomic E-state index is 0.626. The van der Waals surface area contributed by atoms with E-state index in [1.54, 1.807) is 0 Å². The summed E-state index contributed by atoms with van der Waals surface area (Å²) in [5, 5.41) is 0. The number of rotatable bonds is 3. The Kier molecular flexibility index (Phi) is 3.68. The van der Waals surface area contributed by atoms with E-state index in [1.807, 2.05) is 12.1 Å². The third-order valence-corrected chi connectivity index (χ3v) is 4.86. The zero-order chi connectivity index (χ0) is 14.1. The van der Waals surface area contributed by atoms with E-state index in [0.717, 1.165) is 23.5 Å². The lowest BCUT2D eigenvalue weighted by Crippen LogP contribution is -2.19. The molecule has 0 amide bonds. The molecular formula is C17H25N3. The molecule has 1 aromatic carbocycles. The Labute approximate surface area is 121 Å². The van der Waals surface area contributed by atoms with E-state index < -0.39 is 0 Å². The molecule has 0 atom stereocenters. The summed E-state index contributed by atoms with van der Waals surface area (Å²) < 4.78 is 2.49. The first-order valence-corrected chi connectivity index (χ1v) is 7.99. The summed E-state index contributed by atoms with van der Waals surface area (Å²) >= 11 is 0. The molecule has 0 saturated heterocycles. The Morgan fingerprint density at radius 1 is 1.20 bits per heavy atom. The molecule has 2 N–H and O–H groups in total. The number of aromatic nitrogens is 2. The van der Waals surface area contributed by atoms with Gasteiger partial charge in [-0.15, -0.1) is 0 Å². The molecule has 0 spiro atoms. The highest BCUT2D eigenvalue weighted by Gasteiger charge is 2.24. The quantitative estimate of drug-likeness (QED) is 0.845. The van der Waals surface area contributed by atoms with E-state index in [4.69, 9.17) is 10.7 Å². The van der Waals surface area contributed by atoms with Crippen molar-refractivity contribution in [1.29, 1.82) is 0 Å². The number of anilines is 1. The maximum atomic E-state index is 5.89. The van der Waals surface area contributed by atoms with Gasteiger partial charge >= 0.3 is 0 Å². The largest absolute Gasteiger partial charge is 0.399 e. The van der Waals surface area contributed by atoms with Crippen LogP contribution in [0.3, 0.4) is 0 Å². The van der Waals surface area contributed by atoms with Crippen LogP contribution in [0.25, 0.3) is 11.0 Å². The fourth-order valence-electron chi connectivity index (χ4n) is 3.63. The van der Waals surface area contributed by atoms with Gasteiger partial charge in [0.2, 0.25) is 0 Å². The van der Waals surface area contributed by atoms with Crippen LogP contribution >= 0.6 is 0 Å². The minimum absolute atomic E-state index is 0.626. The normalized spacial score (nSPS) is 23.3. The molecule has 0 unspecified atom stereocenters. The van der Waals surface area contributed by atoms with Crippen LogP contribution in [-0.2, 0) is 6.42 Å². The number of nitrogens with zero attached hydrogens (tertiary/aromatic N) is 2. The van der Waals surface area contributed by atoms with Crippen molar-refractivity contribution in [1.82, 2.24) is 9.55 Å². The van der Waals surface area contributed by atoms with Crippen molar-refractivity contribution in [3.63, 3.8) is 0 Å². The van der Waals surface area contributed by atoms with E-state index in [1.165, 1.54) is 43.4 Å². The lowest BCUT2D eigenvalue weighted by molar-refractivity contribution is 0.270. The van der Waals surface area contributed by atoms with Crippen LogP contribution in [0, 0.1) is 5.92 Å². The Balaban J connectivity index is 1.97. The lowest BCUT2D eigenvalue weighted by Gasteiger charge is -2.30. The maximum absolute atomic E-state index is 5.89. The Bertz CT molecular complexity index is 592. The Morgan fingerprint density at radius 3 is 2.60 bits per heavy atom. The second-order valence-corrected chi connectivity index (χ2v) is 6.08. The first-order valence-electron chi connectivity index (χ1n) is 7.99. The van der Waals surface area contributed by atoms with Gasteiger partial charge in [-0.3, -0.25) is 0 Å². The Morgan fingerprint density at radius 2 is 1.95 bits per heavy atom. The van der Waals surface area contributed by atoms with E-state index in [2.05, 4.69) is 24.5 Å². The van der Waals surface area contributed by atoms with Crippen LogP contribution in [0.5, 0.6) is 0 Å². The van der Waals surface area contributed by atoms with Crippen molar-refractivity contribution < 1.29 is 0 Å². The van der Waals surface area contributed by atoms with Gasteiger partial charge in [-0.25, -0.2) is 4.98 Å². The average molecular weight is 271 g/mol. The molecular weight excluding hydrogens is 246 g/mol. The first-order chi connectivity index (χ1) is 9.72. The molecule has 3 rings (SSSR count). The monoisotopic (exact) mass is 271 g/mol. The van der Waals surface area contributed by atoms with Gasteiger partial charge in [0.25, 0.3) is 0 Å². The summed E-state index contributed by atoms with van der Waals surface area (Å²) in [6, 6.07) is 6.77. The van der Waals surface area contributed by atoms with Crippen LogP contribution in [0.2, 0.25) is 0 Å². The second-order valence-electron chi connectivity index (χ2n) is 6.08. The SMILES string of the molecule is CCc1nc2cc(N)ccc2n1C1CCC(CC)CC1. The van der Waals surface area contributed by atoms with Crippen molar-refractivity contribution in [2.75, 3.05) is 5.73 Å². The fourth-order valence-corrected chi connectivity index (χ4v) is 3.63. The topological polar surface area (TPSA) is 43.8 Å². The molecule has 2 aromatic rings. The number of benzene rings is 1. The lowest BCUT2D eigenvalue weighted by atomic mass is 9.84. The van der Waals surface area contributed by atoms with E-state index in [9.17, 15) is 0 Å². The minimum Gasteiger partial charge on any atom is -0.399 e. The highest BCUT2D eigenvalue weighted by atomic mass is 15.1. The molecule has 1 saturated carbocycles. The van der Waals surface area contributed by atoms with Gasteiger partial charge in [-0.1, -0.05) is 20.3 Å². The van der Waals surface area contributed by atoms with Gasteiger partial charge in [0.05, 0.1) is 11.0 Å². The summed E-state index contributed by atoms with van der Waals surface area (Å²) in [5.74, 6) is 2.15. The van der Waals surface area contributed by atoms with E-state index in [-0.39, 0.29) is 0 Å². The Hall–Kier alpha value is -1.51. The standard InChI is InChI=1S/C17H25N3/c1-3-12-5-8-14(9-6-12)20-16-10-7-13(18)11-15(16)19-17(20)4-2/h7,10-12,14H,3-6,8-9,18H2,1-2H3. The van der Waals surface area contributed by atoms with Crippen LogP contribution in [0.15, 0.2) is 18.2 Å². The molecule has 1 aliphatic rings. The fraction of sp³-hybridized carbons (Fsp3) is 0.588. The van der Waals surface area contributed by atoms with Gasteiger partial charge in [-0.05, 0) is 49.8 Å². The average Bonchev–Trinajstić information content (AvgIpc) is 2.84. The molecule has 0 bridgehead atoms. The van der Waals surface area contributed by atoms with Gasteiger partial charge < -0.3 is 10.3 Å². The number of aryl methyl sites for hydroxylation is 1. The van der Waals surface area contributed by atoms with Crippen molar-refractivity contribution >= 4 is 16.7 Å². The molecule has 20 heavy (non-hydrogen) atoms. The molecule has 1 fully saturated rings. The van der Waals surface area contributed by atoms with Gasteiger partial charge in [0.1, 0.15) is 5.82 Å². The van der Waals surface area contributed by atoms with E-state index in [0.29, 0.717) is 6.04 Å². The predicted molar refractivity (Wildman–Crippen MR) is 84.8 cm³/mol. The number of hydrogen-bond donors (Lipinski definition) is 1. The van der Waals surface area contributed by atoms with Crippen molar-refractivity contribution in [3.05, 3.63) is 24.0 Å². The molecule has 3 heteroatoms. The first kappa shape index (κ1) is 13.5. The molecule has 1 aromatic heterocycles. The van der Waals surface area contributed by atoms with Crippen molar-refractivity contribution in [2.45, 2.75) is 58.4 Å². The van der Waals surface area contributed by atoms with Gasteiger partial charge in [-0.2, -0.15) is 0 Å². The molecule has 0 aliphatic heterocycles. The van der Waals surface area contributed by atoms with Crippen LogP contribution in [0.1, 0.15) is 57.8 Å². The maximum Gasteiger partial charge on any atom is 0.109 e. The van der Waals surface area contributed by atoms with E-state index >= 15 is 0 Å². The smallest absolute Gasteiger partial charge is 0.109 e. The number of imidazole rings is 1. The van der Waals surface area contributed by atoms with Crippen LogP contribution < -0.4 is 5.73 Å². The molecule has 108 valence electrons. The van der Waals surface area contributed by atoms with Gasteiger partial charge in [0, 0.05) is 18.2 Å². The van der Waals surface area contributed by atoms with Crippen LogP contribution in [-0.4, -0.2) is 9.55 Å². The molecule has 3 nitrogen and oxygen atoms in total. The molecule has 1 heterocycles. The number of nitrogens with two attached hydrogens (primary N) is 1.